The van der Waals surface area contributed by atoms with E-state index in [0.29, 0.717) is 6.42 Å². The average molecular weight is 187 g/mol. The Kier molecular flexibility index (Phi) is 2.87. The van der Waals surface area contributed by atoms with Gasteiger partial charge < -0.3 is 15.1 Å². The number of likely N-dealkylation sites (tertiary alicyclic amines) is 1. The van der Waals surface area contributed by atoms with Crippen LogP contribution in [0, 0.1) is 0 Å². The SMILES string of the molecule is CC(O)CN1C(=O)CCC1C(=O)O. The fraction of sp³-hybridized carbons (Fsp3) is 0.750. The number of nitrogens with zero attached hydrogens (tertiary/aromatic N) is 1. The predicted octanol–water partition coefficient (Wildman–Crippen LogP) is -0.557. The highest BCUT2D eigenvalue weighted by Crippen LogP contribution is 2.18. The van der Waals surface area contributed by atoms with Crippen molar-refractivity contribution in [1.29, 1.82) is 0 Å². The van der Waals surface area contributed by atoms with E-state index in [9.17, 15) is 9.59 Å². The number of carbonyl (C=O) groups excluding carboxylic acids is 1. The van der Waals surface area contributed by atoms with Crippen molar-refractivity contribution in [3.05, 3.63) is 0 Å². The molecule has 0 bridgehead atoms. The molecular weight excluding hydrogens is 174 g/mol. The molecule has 5 heteroatoms. The molecule has 13 heavy (non-hydrogen) atoms. The maximum absolute atomic E-state index is 11.2. The van der Waals surface area contributed by atoms with Crippen molar-refractivity contribution in [1.82, 2.24) is 4.90 Å². The molecule has 5 nitrogen and oxygen atoms in total. The maximum atomic E-state index is 11.2. The highest BCUT2D eigenvalue weighted by molar-refractivity contribution is 5.87. The largest absolute Gasteiger partial charge is 0.480 e. The number of rotatable bonds is 3. The first-order valence-electron chi connectivity index (χ1n) is 4.22. The van der Waals surface area contributed by atoms with E-state index in [1.807, 2.05) is 0 Å². The fourth-order valence-corrected chi connectivity index (χ4v) is 1.50. The van der Waals surface area contributed by atoms with Gasteiger partial charge in [-0.1, -0.05) is 0 Å². The molecule has 2 N–H and O–H groups in total. The summed E-state index contributed by atoms with van der Waals surface area (Å²) in [5.74, 6) is -1.18. The van der Waals surface area contributed by atoms with E-state index in [2.05, 4.69) is 0 Å². The van der Waals surface area contributed by atoms with E-state index in [1.54, 1.807) is 0 Å². The molecule has 0 aliphatic carbocycles. The molecule has 1 aliphatic heterocycles. The molecule has 74 valence electrons. The van der Waals surface area contributed by atoms with E-state index < -0.39 is 18.1 Å². The molecule has 2 atom stereocenters. The number of aliphatic carboxylic acids is 1. The molecule has 1 fully saturated rings. The van der Waals surface area contributed by atoms with Gasteiger partial charge in [0.2, 0.25) is 5.91 Å². The van der Waals surface area contributed by atoms with Crippen molar-refractivity contribution >= 4 is 11.9 Å². The molecule has 0 radical (unpaired) electrons. The molecule has 0 aromatic rings. The molecule has 0 aromatic heterocycles. The van der Waals surface area contributed by atoms with E-state index in [4.69, 9.17) is 10.2 Å². The lowest BCUT2D eigenvalue weighted by molar-refractivity contribution is -0.146. The fourth-order valence-electron chi connectivity index (χ4n) is 1.50. The van der Waals surface area contributed by atoms with Crippen LogP contribution in [0.5, 0.6) is 0 Å². The number of hydrogen-bond donors (Lipinski definition) is 2. The minimum Gasteiger partial charge on any atom is -0.480 e. The van der Waals surface area contributed by atoms with Crippen LogP contribution in [0.3, 0.4) is 0 Å². The number of aliphatic hydroxyl groups excluding tert-OH is 1. The lowest BCUT2D eigenvalue weighted by Gasteiger charge is -2.22. The van der Waals surface area contributed by atoms with Gasteiger partial charge in [0.15, 0.2) is 0 Å². The number of aliphatic hydroxyl groups is 1. The number of carboxylic acids is 1. The van der Waals surface area contributed by atoms with Gasteiger partial charge in [-0.2, -0.15) is 0 Å². The monoisotopic (exact) mass is 187 g/mol. The third kappa shape index (κ3) is 2.18. The van der Waals surface area contributed by atoms with Gasteiger partial charge in [-0.05, 0) is 13.3 Å². The Labute approximate surface area is 76.0 Å². The molecule has 0 aromatic carbocycles. The number of amides is 1. The highest BCUT2D eigenvalue weighted by atomic mass is 16.4. The van der Waals surface area contributed by atoms with Crippen molar-refractivity contribution in [2.75, 3.05) is 6.54 Å². The van der Waals surface area contributed by atoms with E-state index in [1.165, 1.54) is 11.8 Å². The number of carboxylic acid groups (broad SMARTS) is 1. The minimum absolute atomic E-state index is 0.107. The summed E-state index contributed by atoms with van der Waals surface area (Å²) in [6.45, 7) is 1.64. The van der Waals surface area contributed by atoms with Crippen LogP contribution in [-0.2, 0) is 9.59 Å². The first kappa shape index (κ1) is 9.98. The van der Waals surface area contributed by atoms with Crippen molar-refractivity contribution < 1.29 is 19.8 Å². The molecule has 1 rings (SSSR count). The lowest BCUT2D eigenvalue weighted by atomic mass is 10.2. The Morgan fingerprint density at radius 3 is 2.85 bits per heavy atom. The maximum Gasteiger partial charge on any atom is 0.326 e. The molecule has 0 saturated carbocycles. The van der Waals surface area contributed by atoms with Gasteiger partial charge >= 0.3 is 5.97 Å². The third-order valence-electron chi connectivity index (χ3n) is 2.07. The quantitative estimate of drug-likeness (QED) is 0.621. The van der Waals surface area contributed by atoms with Crippen molar-refractivity contribution in [3.63, 3.8) is 0 Å². The number of carbonyl (C=O) groups is 2. The molecule has 1 aliphatic rings. The van der Waals surface area contributed by atoms with Gasteiger partial charge in [-0.15, -0.1) is 0 Å². The van der Waals surface area contributed by atoms with Crippen LogP contribution in [-0.4, -0.2) is 45.7 Å². The van der Waals surface area contributed by atoms with Gasteiger partial charge in [0.1, 0.15) is 6.04 Å². The standard InChI is InChI=1S/C8H13NO4/c1-5(10)4-9-6(8(12)13)2-3-7(9)11/h5-6,10H,2-4H2,1H3,(H,12,13). The van der Waals surface area contributed by atoms with Gasteiger partial charge in [0, 0.05) is 13.0 Å². The Hall–Kier alpha value is -1.10. The Bertz CT molecular complexity index is 226. The number of hydrogen-bond acceptors (Lipinski definition) is 3. The smallest absolute Gasteiger partial charge is 0.326 e. The van der Waals surface area contributed by atoms with Crippen LogP contribution in [0.15, 0.2) is 0 Å². The topological polar surface area (TPSA) is 77.8 Å². The summed E-state index contributed by atoms with van der Waals surface area (Å²) in [7, 11) is 0. The first-order valence-corrected chi connectivity index (χ1v) is 4.22. The Balaban J connectivity index is 2.65. The second-order valence-corrected chi connectivity index (χ2v) is 3.29. The minimum atomic E-state index is -0.994. The second-order valence-electron chi connectivity index (χ2n) is 3.29. The molecular formula is C8H13NO4. The second kappa shape index (κ2) is 3.74. The lowest BCUT2D eigenvalue weighted by Crippen LogP contribution is -2.42. The van der Waals surface area contributed by atoms with Gasteiger partial charge in [-0.3, -0.25) is 4.79 Å². The Morgan fingerprint density at radius 2 is 2.38 bits per heavy atom. The van der Waals surface area contributed by atoms with Gasteiger partial charge in [0.25, 0.3) is 0 Å². The first-order chi connectivity index (χ1) is 6.02. The average Bonchev–Trinajstić information content (AvgIpc) is 2.32. The summed E-state index contributed by atoms with van der Waals surface area (Å²) in [5, 5.41) is 17.8. The molecule has 1 heterocycles. The van der Waals surface area contributed by atoms with Gasteiger partial charge in [-0.25, -0.2) is 4.79 Å². The van der Waals surface area contributed by atoms with Gasteiger partial charge in [0.05, 0.1) is 6.10 Å². The van der Waals surface area contributed by atoms with Crippen molar-refractivity contribution in [2.24, 2.45) is 0 Å². The summed E-state index contributed by atoms with van der Waals surface area (Å²) in [5.41, 5.74) is 0. The van der Waals surface area contributed by atoms with Crippen LogP contribution >= 0.6 is 0 Å². The molecule has 1 amide bonds. The zero-order valence-corrected chi connectivity index (χ0v) is 7.43. The summed E-state index contributed by atoms with van der Waals surface area (Å²) in [4.78, 5) is 23.1. The van der Waals surface area contributed by atoms with Crippen LogP contribution in [0.25, 0.3) is 0 Å². The van der Waals surface area contributed by atoms with Crippen LogP contribution in [0.1, 0.15) is 19.8 Å². The molecule has 1 saturated heterocycles. The highest BCUT2D eigenvalue weighted by Gasteiger charge is 2.36. The summed E-state index contributed by atoms with van der Waals surface area (Å²) >= 11 is 0. The van der Waals surface area contributed by atoms with Crippen LogP contribution < -0.4 is 0 Å². The third-order valence-corrected chi connectivity index (χ3v) is 2.07. The zero-order valence-electron chi connectivity index (χ0n) is 7.43. The number of β-amino-alcohol motifs (C(OH)–C–C–N with tert-alkyl or cyclic N) is 1. The van der Waals surface area contributed by atoms with E-state index in [-0.39, 0.29) is 18.9 Å². The predicted molar refractivity (Wildman–Crippen MR) is 44.1 cm³/mol. The van der Waals surface area contributed by atoms with E-state index >= 15 is 0 Å². The summed E-state index contributed by atoms with van der Waals surface area (Å²) in [6, 6.07) is -0.748. The molecule has 2 unspecified atom stereocenters. The Morgan fingerprint density at radius 1 is 1.77 bits per heavy atom. The zero-order chi connectivity index (χ0) is 10.0. The van der Waals surface area contributed by atoms with E-state index in [0.717, 1.165) is 0 Å². The van der Waals surface area contributed by atoms with Crippen LogP contribution in [0.2, 0.25) is 0 Å². The van der Waals surface area contributed by atoms with Crippen LogP contribution in [0.4, 0.5) is 0 Å². The van der Waals surface area contributed by atoms with Crippen molar-refractivity contribution in [3.8, 4) is 0 Å². The summed E-state index contributed by atoms with van der Waals surface area (Å²) < 4.78 is 0. The molecule has 0 spiro atoms. The summed E-state index contributed by atoms with van der Waals surface area (Å²) in [6.07, 6.45) is -0.0613. The normalized spacial score (nSPS) is 24.9. The van der Waals surface area contributed by atoms with Crippen molar-refractivity contribution in [2.45, 2.75) is 31.9 Å².